The summed E-state index contributed by atoms with van der Waals surface area (Å²) in [5.74, 6) is 2.29. The van der Waals surface area contributed by atoms with Crippen molar-refractivity contribution in [2.75, 3.05) is 6.54 Å². The fourth-order valence-electron chi connectivity index (χ4n) is 3.60. The Bertz CT molecular complexity index is 200. The molecule has 2 nitrogen and oxygen atoms in total. The molecule has 2 saturated carbocycles. The summed E-state index contributed by atoms with van der Waals surface area (Å²) in [5, 5.41) is 13.6. The van der Waals surface area contributed by atoms with E-state index in [0.717, 1.165) is 18.4 Å². The van der Waals surface area contributed by atoms with Gasteiger partial charge in [0.15, 0.2) is 0 Å². The van der Waals surface area contributed by atoms with Gasteiger partial charge in [-0.3, -0.25) is 0 Å². The topological polar surface area (TPSA) is 32.3 Å². The summed E-state index contributed by atoms with van der Waals surface area (Å²) in [6.45, 7) is 3.17. The summed E-state index contributed by atoms with van der Waals surface area (Å²) in [6, 6.07) is 0.422. The molecule has 2 bridgehead atoms. The van der Waals surface area contributed by atoms with Crippen LogP contribution in [0.4, 0.5) is 0 Å². The summed E-state index contributed by atoms with van der Waals surface area (Å²) < 4.78 is 0. The van der Waals surface area contributed by atoms with Crippen LogP contribution in [0.25, 0.3) is 0 Å². The molecule has 0 radical (unpaired) electrons. The van der Waals surface area contributed by atoms with Gasteiger partial charge in [-0.05, 0) is 44.1 Å². The molecule has 2 N–H and O–H groups in total. The fraction of sp³-hybridized carbons (Fsp3) is 1.00. The number of aliphatic hydroxyl groups is 1. The van der Waals surface area contributed by atoms with Gasteiger partial charge in [0.2, 0.25) is 0 Å². The van der Waals surface area contributed by atoms with Crippen LogP contribution in [0.2, 0.25) is 0 Å². The molecule has 3 fully saturated rings. The molecule has 5 atom stereocenters. The van der Waals surface area contributed by atoms with E-state index in [4.69, 9.17) is 0 Å². The highest BCUT2D eigenvalue weighted by Gasteiger charge is 2.61. The van der Waals surface area contributed by atoms with Crippen LogP contribution in [-0.2, 0) is 0 Å². The zero-order chi connectivity index (χ0) is 7.64. The molecule has 0 aromatic carbocycles. The molecule has 1 heterocycles. The average molecular weight is 153 g/mol. The molecular formula is C9H15NO. The van der Waals surface area contributed by atoms with Gasteiger partial charge in [0.25, 0.3) is 0 Å². The van der Waals surface area contributed by atoms with Crippen molar-refractivity contribution in [1.82, 2.24) is 5.32 Å². The summed E-state index contributed by atoms with van der Waals surface area (Å²) in [7, 11) is 0. The molecule has 5 unspecified atom stereocenters. The van der Waals surface area contributed by atoms with Gasteiger partial charge in [-0.25, -0.2) is 0 Å². The monoisotopic (exact) mass is 153 g/mol. The van der Waals surface area contributed by atoms with Gasteiger partial charge in [0.05, 0.1) is 5.60 Å². The molecule has 2 aliphatic carbocycles. The summed E-state index contributed by atoms with van der Waals surface area (Å²) >= 11 is 0. The van der Waals surface area contributed by atoms with Gasteiger partial charge in [-0.1, -0.05) is 0 Å². The lowest BCUT2D eigenvalue weighted by molar-refractivity contribution is -0.0139. The Labute approximate surface area is 67.0 Å². The summed E-state index contributed by atoms with van der Waals surface area (Å²) in [5.41, 5.74) is -0.391. The van der Waals surface area contributed by atoms with E-state index in [1.807, 2.05) is 6.92 Å². The number of nitrogens with one attached hydrogen (secondary N) is 1. The molecule has 11 heavy (non-hydrogen) atoms. The first-order valence-corrected chi connectivity index (χ1v) is 4.65. The van der Waals surface area contributed by atoms with Gasteiger partial charge in [-0.2, -0.15) is 0 Å². The first-order valence-electron chi connectivity index (χ1n) is 4.65. The van der Waals surface area contributed by atoms with E-state index in [1.165, 1.54) is 12.8 Å². The third-order valence-corrected chi connectivity index (χ3v) is 4.23. The van der Waals surface area contributed by atoms with Crippen molar-refractivity contribution < 1.29 is 5.11 Å². The molecule has 1 saturated heterocycles. The average Bonchev–Trinajstić information content (AvgIpc) is 2.41. The lowest BCUT2D eigenvalue weighted by Gasteiger charge is -2.33. The van der Waals surface area contributed by atoms with E-state index in [1.54, 1.807) is 0 Å². The summed E-state index contributed by atoms with van der Waals surface area (Å²) in [6.07, 6.45) is 2.54. The van der Waals surface area contributed by atoms with Crippen molar-refractivity contribution >= 4 is 0 Å². The normalized spacial score (nSPS) is 66.0. The van der Waals surface area contributed by atoms with Crippen LogP contribution in [0.3, 0.4) is 0 Å². The fourth-order valence-corrected chi connectivity index (χ4v) is 3.60. The van der Waals surface area contributed by atoms with E-state index in [2.05, 4.69) is 5.32 Å². The highest BCUT2D eigenvalue weighted by atomic mass is 16.3. The maximum atomic E-state index is 10.1. The standard InChI is InChI=1S/C9H15NO/c1-9(11)6-2-5-4-10-8(9)7(5)3-6/h5-8,10-11H,2-4H2,1H3. The summed E-state index contributed by atoms with van der Waals surface area (Å²) in [4.78, 5) is 0. The minimum absolute atomic E-state index is 0.391. The molecule has 1 aliphatic heterocycles. The Balaban J connectivity index is 2.04. The predicted octanol–water partition coefficient (Wildman–Crippen LogP) is 0.365. The number of rotatable bonds is 0. The van der Waals surface area contributed by atoms with Crippen molar-refractivity contribution in [3.8, 4) is 0 Å². The van der Waals surface area contributed by atoms with E-state index < -0.39 is 5.60 Å². The maximum absolute atomic E-state index is 10.1. The van der Waals surface area contributed by atoms with E-state index in [0.29, 0.717) is 12.0 Å². The Morgan fingerprint density at radius 3 is 2.91 bits per heavy atom. The Kier molecular flexibility index (Phi) is 0.961. The number of hydrogen-bond donors (Lipinski definition) is 2. The van der Waals surface area contributed by atoms with Gasteiger partial charge in [0, 0.05) is 6.04 Å². The van der Waals surface area contributed by atoms with Crippen LogP contribution in [0.5, 0.6) is 0 Å². The van der Waals surface area contributed by atoms with Crippen molar-refractivity contribution in [3.05, 3.63) is 0 Å². The van der Waals surface area contributed by atoms with Crippen molar-refractivity contribution in [2.45, 2.75) is 31.4 Å². The molecule has 0 aromatic heterocycles. The minimum atomic E-state index is -0.391. The smallest absolute Gasteiger partial charge is 0.0803 e. The highest BCUT2D eigenvalue weighted by molar-refractivity contribution is 5.15. The lowest BCUT2D eigenvalue weighted by Crippen LogP contribution is -2.48. The molecule has 0 amide bonds. The van der Waals surface area contributed by atoms with Gasteiger partial charge in [-0.15, -0.1) is 0 Å². The molecule has 3 aliphatic rings. The number of hydrogen-bond acceptors (Lipinski definition) is 2. The highest BCUT2D eigenvalue weighted by Crippen LogP contribution is 2.56. The van der Waals surface area contributed by atoms with Crippen LogP contribution in [0.15, 0.2) is 0 Å². The van der Waals surface area contributed by atoms with Gasteiger partial charge < -0.3 is 10.4 Å². The zero-order valence-corrected chi connectivity index (χ0v) is 6.88. The molecule has 3 rings (SSSR count). The van der Waals surface area contributed by atoms with Crippen molar-refractivity contribution in [1.29, 1.82) is 0 Å². The molecule has 0 spiro atoms. The Morgan fingerprint density at radius 1 is 1.45 bits per heavy atom. The van der Waals surface area contributed by atoms with Crippen molar-refractivity contribution in [2.24, 2.45) is 17.8 Å². The van der Waals surface area contributed by atoms with E-state index >= 15 is 0 Å². The van der Waals surface area contributed by atoms with Crippen molar-refractivity contribution in [3.63, 3.8) is 0 Å². The molecule has 0 aromatic rings. The SMILES string of the molecule is CC1(O)C2CC3CNC1C3C2. The molecule has 2 heteroatoms. The predicted molar refractivity (Wildman–Crippen MR) is 42.1 cm³/mol. The van der Waals surface area contributed by atoms with E-state index in [-0.39, 0.29) is 0 Å². The first-order chi connectivity index (χ1) is 5.19. The van der Waals surface area contributed by atoms with Gasteiger partial charge in [0.1, 0.15) is 0 Å². The Hall–Kier alpha value is -0.0800. The number of fused-ring (bicyclic) bond motifs is 1. The van der Waals surface area contributed by atoms with Crippen LogP contribution in [-0.4, -0.2) is 23.3 Å². The van der Waals surface area contributed by atoms with Gasteiger partial charge >= 0.3 is 0 Å². The second-order valence-electron chi connectivity index (χ2n) is 4.70. The largest absolute Gasteiger partial charge is 0.388 e. The quantitative estimate of drug-likeness (QED) is 0.527. The van der Waals surface area contributed by atoms with Crippen LogP contribution in [0.1, 0.15) is 19.8 Å². The third kappa shape index (κ3) is 0.574. The Morgan fingerprint density at radius 2 is 2.27 bits per heavy atom. The maximum Gasteiger partial charge on any atom is 0.0803 e. The minimum Gasteiger partial charge on any atom is -0.388 e. The molecule has 62 valence electrons. The lowest BCUT2D eigenvalue weighted by atomic mass is 9.80. The van der Waals surface area contributed by atoms with E-state index in [9.17, 15) is 5.11 Å². The van der Waals surface area contributed by atoms with Crippen LogP contribution < -0.4 is 5.32 Å². The van der Waals surface area contributed by atoms with Crippen LogP contribution >= 0.6 is 0 Å². The molecular weight excluding hydrogens is 138 g/mol. The van der Waals surface area contributed by atoms with Crippen LogP contribution in [0, 0.1) is 17.8 Å². The zero-order valence-electron chi connectivity index (χ0n) is 6.88. The third-order valence-electron chi connectivity index (χ3n) is 4.23. The second-order valence-corrected chi connectivity index (χ2v) is 4.70. The second kappa shape index (κ2) is 1.64. The first kappa shape index (κ1) is 6.44.